The molecular weight excluding hydrogens is 294 g/mol. The summed E-state index contributed by atoms with van der Waals surface area (Å²) in [4.78, 5) is 11.2. The molecule has 0 radical (unpaired) electrons. The highest BCUT2D eigenvalue weighted by atomic mass is 32.2. The van der Waals surface area contributed by atoms with Gasteiger partial charge >= 0.3 is 5.97 Å². The maximum atomic E-state index is 12.6. The summed E-state index contributed by atoms with van der Waals surface area (Å²) in [7, 11) is -3.76. The molecule has 114 valence electrons. The van der Waals surface area contributed by atoms with Crippen LogP contribution in [0.4, 0.5) is 0 Å². The summed E-state index contributed by atoms with van der Waals surface area (Å²) in [5, 5.41) is 9.10. The average molecular weight is 311 g/mol. The quantitative estimate of drug-likeness (QED) is 0.867. The molecule has 1 saturated carbocycles. The lowest BCUT2D eigenvalue weighted by Crippen LogP contribution is -2.39. The van der Waals surface area contributed by atoms with Gasteiger partial charge in [-0.3, -0.25) is 0 Å². The Bertz CT molecular complexity index is 727. The van der Waals surface area contributed by atoms with E-state index in [1.165, 1.54) is 12.1 Å². The number of carboxylic acid groups (broad SMARTS) is 1. The van der Waals surface area contributed by atoms with Gasteiger partial charge in [0.1, 0.15) is 0 Å². The van der Waals surface area contributed by atoms with E-state index in [2.05, 4.69) is 4.72 Å². The van der Waals surface area contributed by atoms with Crippen LogP contribution < -0.4 is 4.72 Å². The second kappa shape index (κ2) is 4.53. The fourth-order valence-electron chi connectivity index (χ4n) is 2.87. The number of aryl methyl sites for hydroxylation is 1. The molecule has 2 N–H and O–H groups in total. The average Bonchev–Trinajstić information content (AvgIpc) is 2.91. The molecule has 0 spiro atoms. The topological polar surface area (TPSA) is 92.7 Å². The zero-order chi connectivity index (χ0) is 15.4. The van der Waals surface area contributed by atoms with E-state index in [-0.39, 0.29) is 16.4 Å². The van der Waals surface area contributed by atoms with Crippen molar-refractivity contribution in [2.75, 3.05) is 13.2 Å². The van der Waals surface area contributed by atoms with Crippen molar-refractivity contribution >= 4 is 16.0 Å². The van der Waals surface area contributed by atoms with Crippen LogP contribution >= 0.6 is 0 Å². The van der Waals surface area contributed by atoms with Crippen molar-refractivity contribution in [1.82, 2.24) is 4.72 Å². The summed E-state index contributed by atoms with van der Waals surface area (Å²) in [5.41, 5.74) is 0.701. The van der Waals surface area contributed by atoms with Crippen LogP contribution in [0.5, 0.6) is 0 Å². The molecule has 2 atom stereocenters. The number of hydrogen-bond acceptors (Lipinski definition) is 4. The Labute approximate surface area is 123 Å². The number of fused-ring (bicyclic) bond motifs is 1. The summed E-state index contributed by atoms with van der Waals surface area (Å²) >= 11 is 0. The number of benzene rings is 1. The van der Waals surface area contributed by atoms with E-state index in [0.717, 1.165) is 6.42 Å². The number of carboxylic acids is 1. The van der Waals surface area contributed by atoms with Gasteiger partial charge in [-0.05, 0) is 43.5 Å². The summed E-state index contributed by atoms with van der Waals surface area (Å²) < 4.78 is 33.2. The van der Waals surface area contributed by atoms with Crippen molar-refractivity contribution in [2.45, 2.75) is 30.7 Å². The molecule has 0 unspecified atom stereocenters. The Morgan fingerprint density at radius 1 is 1.43 bits per heavy atom. The van der Waals surface area contributed by atoms with Crippen molar-refractivity contribution < 1.29 is 23.1 Å². The van der Waals surface area contributed by atoms with Crippen molar-refractivity contribution in [3.8, 4) is 0 Å². The van der Waals surface area contributed by atoms with Gasteiger partial charge in [0.2, 0.25) is 10.0 Å². The van der Waals surface area contributed by atoms with E-state index in [4.69, 9.17) is 9.84 Å². The monoisotopic (exact) mass is 311 g/mol. The number of rotatable bonds is 4. The van der Waals surface area contributed by atoms with Crippen LogP contribution in [0.1, 0.15) is 27.9 Å². The molecule has 2 fully saturated rings. The Morgan fingerprint density at radius 2 is 2.14 bits per heavy atom. The molecule has 6 nitrogen and oxygen atoms in total. The van der Waals surface area contributed by atoms with E-state index in [1.807, 2.05) is 0 Å². The summed E-state index contributed by atoms with van der Waals surface area (Å²) in [6, 6.07) is 2.70. The van der Waals surface area contributed by atoms with Crippen LogP contribution in [0.2, 0.25) is 0 Å². The van der Waals surface area contributed by atoms with Gasteiger partial charge in [0.15, 0.2) is 0 Å². The highest BCUT2D eigenvalue weighted by Gasteiger charge is 2.60. The molecule has 1 aliphatic heterocycles. The van der Waals surface area contributed by atoms with Gasteiger partial charge < -0.3 is 9.84 Å². The Morgan fingerprint density at radius 3 is 2.67 bits per heavy atom. The number of carbonyl (C=O) groups is 1. The number of sulfonamides is 1. The Kier molecular flexibility index (Phi) is 3.12. The molecule has 1 saturated heterocycles. The van der Waals surface area contributed by atoms with Gasteiger partial charge in [0, 0.05) is 5.92 Å². The fourth-order valence-corrected chi connectivity index (χ4v) is 4.67. The highest BCUT2D eigenvalue weighted by molar-refractivity contribution is 7.89. The first-order valence-electron chi connectivity index (χ1n) is 6.71. The minimum atomic E-state index is -3.76. The van der Waals surface area contributed by atoms with E-state index < -0.39 is 21.5 Å². The van der Waals surface area contributed by atoms with Crippen molar-refractivity contribution in [3.05, 3.63) is 28.8 Å². The van der Waals surface area contributed by atoms with Crippen LogP contribution in [0.3, 0.4) is 0 Å². The Balaban J connectivity index is 2.00. The van der Waals surface area contributed by atoms with E-state index >= 15 is 0 Å². The first-order valence-corrected chi connectivity index (χ1v) is 8.20. The minimum absolute atomic E-state index is 0.0222. The van der Waals surface area contributed by atoms with Gasteiger partial charge in [-0.2, -0.15) is 0 Å². The third kappa shape index (κ3) is 2.35. The van der Waals surface area contributed by atoms with E-state index in [1.54, 1.807) is 13.8 Å². The largest absolute Gasteiger partial charge is 0.478 e. The van der Waals surface area contributed by atoms with E-state index in [9.17, 15) is 13.2 Å². The Hall–Kier alpha value is -1.44. The molecule has 0 amide bonds. The summed E-state index contributed by atoms with van der Waals surface area (Å²) in [6.07, 6.45) is 0.781. The van der Waals surface area contributed by atoms with Gasteiger partial charge in [-0.1, -0.05) is 0 Å². The lowest BCUT2D eigenvalue weighted by molar-refractivity contribution is 0.0696. The van der Waals surface area contributed by atoms with Gasteiger partial charge in [0.05, 0.1) is 29.2 Å². The maximum Gasteiger partial charge on any atom is 0.335 e. The lowest BCUT2D eigenvalue weighted by Gasteiger charge is -2.17. The van der Waals surface area contributed by atoms with Gasteiger partial charge in [0.25, 0.3) is 0 Å². The summed E-state index contributed by atoms with van der Waals surface area (Å²) in [6.45, 7) is 4.35. The standard InChI is InChI=1S/C14H17NO5S/c1-8-3-10(13(16)17)4-12(9(8)2)21(18,19)15-14-5-11(14)6-20-7-14/h3-4,11,15H,5-7H2,1-2H3,(H,16,17)/t11-,14-/m0/s1. The molecular formula is C14H17NO5S. The molecule has 2 aliphatic rings. The van der Waals surface area contributed by atoms with Crippen LogP contribution in [-0.4, -0.2) is 38.2 Å². The number of aromatic carboxylic acids is 1. The molecule has 7 heteroatoms. The normalized spacial score (nSPS) is 27.4. The minimum Gasteiger partial charge on any atom is -0.478 e. The molecule has 0 aromatic heterocycles. The lowest BCUT2D eigenvalue weighted by atomic mass is 10.1. The fraction of sp³-hybridized carbons (Fsp3) is 0.500. The first kappa shape index (κ1) is 14.5. The zero-order valence-corrected chi connectivity index (χ0v) is 12.7. The van der Waals surface area contributed by atoms with Crippen molar-refractivity contribution in [1.29, 1.82) is 0 Å². The second-order valence-corrected chi connectivity index (χ2v) is 7.55. The predicted molar refractivity (Wildman–Crippen MR) is 74.9 cm³/mol. The van der Waals surface area contributed by atoms with Crippen LogP contribution in [-0.2, 0) is 14.8 Å². The third-order valence-corrected chi connectivity index (χ3v) is 6.08. The molecule has 3 rings (SSSR count). The molecule has 1 aromatic carbocycles. The smallest absolute Gasteiger partial charge is 0.335 e. The van der Waals surface area contributed by atoms with Gasteiger partial charge in [-0.25, -0.2) is 17.9 Å². The molecule has 21 heavy (non-hydrogen) atoms. The molecule has 1 heterocycles. The third-order valence-electron chi connectivity index (χ3n) is 4.40. The molecule has 1 aliphatic carbocycles. The maximum absolute atomic E-state index is 12.6. The van der Waals surface area contributed by atoms with Crippen LogP contribution in [0.15, 0.2) is 17.0 Å². The first-order chi connectivity index (χ1) is 9.75. The molecule has 0 bridgehead atoms. The van der Waals surface area contributed by atoms with Crippen molar-refractivity contribution in [2.24, 2.45) is 5.92 Å². The number of nitrogens with one attached hydrogen (secondary N) is 1. The number of hydrogen-bond donors (Lipinski definition) is 2. The summed E-state index contributed by atoms with van der Waals surface area (Å²) in [5.74, 6) is -0.905. The van der Waals surface area contributed by atoms with Crippen molar-refractivity contribution in [3.63, 3.8) is 0 Å². The van der Waals surface area contributed by atoms with Crippen LogP contribution in [0.25, 0.3) is 0 Å². The van der Waals surface area contributed by atoms with Gasteiger partial charge in [-0.15, -0.1) is 0 Å². The highest BCUT2D eigenvalue weighted by Crippen LogP contribution is 2.49. The second-order valence-electron chi connectivity index (χ2n) is 5.90. The van der Waals surface area contributed by atoms with E-state index in [0.29, 0.717) is 24.3 Å². The predicted octanol–water partition coefficient (Wildman–Crippen LogP) is 1.07. The van der Waals surface area contributed by atoms with Crippen LogP contribution in [0, 0.1) is 19.8 Å². The SMILES string of the molecule is Cc1cc(C(=O)O)cc(S(=O)(=O)N[C@@]23COC[C@@H]2C3)c1C. The zero-order valence-electron chi connectivity index (χ0n) is 11.8. The number of ether oxygens (including phenoxy) is 1. The molecule has 1 aromatic rings.